The lowest BCUT2D eigenvalue weighted by molar-refractivity contribution is 0.497. The molecule has 0 N–H and O–H groups in total. The van der Waals surface area contributed by atoms with Crippen molar-refractivity contribution < 1.29 is 0 Å². The van der Waals surface area contributed by atoms with Gasteiger partial charge in [-0.3, -0.25) is 0 Å². The molecule has 0 amide bonds. The van der Waals surface area contributed by atoms with Crippen molar-refractivity contribution in [2.75, 3.05) is 0 Å². The molecule has 12 rings (SSSR count). The van der Waals surface area contributed by atoms with Gasteiger partial charge in [0.25, 0.3) is 0 Å². The highest BCUT2D eigenvalue weighted by Gasteiger charge is 2.31. The van der Waals surface area contributed by atoms with Gasteiger partial charge in [-0.25, -0.2) is 44.9 Å². The zero-order chi connectivity index (χ0) is 73.5. The van der Waals surface area contributed by atoms with Crippen LogP contribution in [0.4, 0.5) is 0 Å². The number of benzene rings is 9. The Labute approximate surface area is 606 Å². The van der Waals surface area contributed by atoms with Gasteiger partial charge in [-0.15, -0.1) is 0 Å². The Hall–Kier alpha value is -9.86. The maximum absolute atomic E-state index is 4.70. The van der Waals surface area contributed by atoms with Gasteiger partial charge in [0.15, 0.2) is 17.5 Å². The number of nitrogens with zero attached hydrogens (tertiary/aromatic N) is 9. The fourth-order valence-corrected chi connectivity index (χ4v) is 12.4. The van der Waals surface area contributed by atoms with Crippen molar-refractivity contribution in [3.63, 3.8) is 0 Å². The molecule has 3 heterocycles. The van der Waals surface area contributed by atoms with Crippen LogP contribution in [0.3, 0.4) is 0 Å². The SMILES string of the molecule is Cc1cc(C)c(B(c2c(C)cccc2C)c2c(C)cccc2C)c(C)c1.Cc1ccc(-c2nc(C(C)(C)C)nc(C(C)(C)C)n2)cc1.Cc1ccc(-c2nc(C(C)C)nc(C(C)C)n2)cc1.Cc1ccc(-c2nc(C)nc(C)n2)cc1.Cc1ccc(B(c2ccccc2)c2ccccc2)cc1. The average molecular weight is 1330 g/mol. The first kappa shape index (κ1) is 76.9. The van der Waals surface area contributed by atoms with E-state index in [1.165, 1.54) is 94.0 Å². The molecule has 0 atom stereocenters. The van der Waals surface area contributed by atoms with Gasteiger partial charge in [0.05, 0.1) is 0 Å². The van der Waals surface area contributed by atoms with Gasteiger partial charge in [-0.05, 0) is 90.0 Å². The van der Waals surface area contributed by atoms with E-state index >= 15 is 0 Å². The Morgan fingerprint density at radius 3 is 0.881 bits per heavy atom. The highest BCUT2D eigenvalue weighted by atomic mass is 15.1. The standard InChI is InChI=1S/C25H29B.C19H17B.C18H25N3.C16H21N3.C12H13N3/c1-16-14-21(6)25(22(7)15-16)26(23-17(2)10-8-11-18(23)3)24-19(4)12-9-13-20(24)5;1-16-12-14-19(15-13-16)20(17-8-4-2-5-9-17)18-10-6-3-7-11-18;1-12-8-10-13(11-9-12)14-19-15(17(2,3)4)21-16(20-14)18(5,6)7;1-10(2)14-17-15(11(3)4)19-16(18-14)13-8-6-12(5)7-9-13;1-8-4-6-11(7-5-8)12-14-9(2)13-10(3)15-12/h8-15H,1-7H3;2-15H,1H3;8-11H,1-7H3;6-11H,1-5H3;4-7H,1-3H3. The summed E-state index contributed by atoms with van der Waals surface area (Å²) in [5.41, 5.74) is 25.9. The van der Waals surface area contributed by atoms with Crippen LogP contribution >= 0.6 is 0 Å². The Morgan fingerprint density at radius 1 is 0.257 bits per heavy atom. The maximum Gasteiger partial charge on any atom is 0.243 e. The Morgan fingerprint density at radius 2 is 0.554 bits per heavy atom. The van der Waals surface area contributed by atoms with E-state index in [1.807, 2.05) is 26.0 Å². The number of aryl methyl sites for hydroxylation is 13. The molecule has 0 radical (unpaired) electrons. The minimum atomic E-state index is -0.0949. The fourth-order valence-electron chi connectivity index (χ4n) is 12.4. The molecule has 3 aromatic heterocycles. The Balaban J connectivity index is 0.000000162. The second kappa shape index (κ2) is 34.5. The van der Waals surface area contributed by atoms with E-state index in [2.05, 4.69) is 369 Å². The molecule has 0 aliphatic rings. The van der Waals surface area contributed by atoms with Gasteiger partial charge < -0.3 is 0 Å². The second-order valence-corrected chi connectivity index (χ2v) is 29.9. The first-order valence-corrected chi connectivity index (χ1v) is 35.6. The van der Waals surface area contributed by atoms with Gasteiger partial charge in [0, 0.05) is 39.4 Å². The van der Waals surface area contributed by atoms with E-state index in [0.717, 1.165) is 69.1 Å². The van der Waals surface area contributed by atoms with Crippen molar-refractivity contribution in [1.29, 1.82) is 0 Å². The monoisotopic (exact) mass is 1330 g/mol. The zero-order valence-electron chi connectivity index (χ0n) is 64.5. The van der Waals surface area contributed by atoms with E-state index in [0.29, 0.717) is 18.5 Å². The zero-order valence-corrected chi connectivity index (χ0v) is 64.5. The van der Waals surface area contributed by atoms with Crippen molar-refractivity contribution in [3.8, 4) is 34.2 Å². The minimum absolute atomic E-state index is 0.0949. The van der Waals surface area contributed by atoms with Crippen molar-refractivity contribution in [2.45, 2.75) is 182 Å². The van der Waals surface area contributed by atoms with E-state index in [-0.39, 0.29) is 17.5 Å². The lowest BCUT2D eigenvalue weighted by atomic mass is 9.33. The van der Waals surface area contributed by atoms with Gasteiger partial charge in [-0.2, -0.15) is 0 Å². The van der Waals surface area contributed by atoms with Crippen molar-refractivity contribution >= 4 is 46.2 Å². The van der Waals surface area contributed by atoms with E-state index in [9.17, 15) is 0 Å². The van der Waals surface area contributed by atoms with Crippen molar-refractivity contribution in [3.05, 3.63) is 302 Å². The molecule has 0 saturated heterocycles. The third-order valence-corrected chi connectivity index (χ3v) is 17.8. The number of hydrogen-bond acceptors (Lipinski definition) is 9. The van der Waals surface area contributed by atoms with Gasteiger partial charge in [0.1, 0.15) is 34.9 Å². The predicted octanol–water partition coefficient (Wildman–Crippen LogP) is 17.9. The van der Waals surface area contributed by atoms with E-state index in [4.69, 9.17) is 15.0 Å². The van der Waals surface area contributed by atoms with Crippen LogP contribution in [0.15, 0.2) is 206 Å². The summed E-state index contributed by atoms with van der Waals surface area (Å²) >= 11 is 0. The molecular weight excluding hydrogens is 1230 g/mol. The quantitative estimate of drug-likeness (QED) is 0.117. The summed E-state index contributed by atoms with van der Waals surface area (Å²) in [6, 6.07) is 73.1. The topological polar surface area (TPSA) is 116 Å². The summed E-state index contributed by atoms with van der Waals surface area (Å²) in [7, 11) is 0. The molecule has 0 saturated carbocycles. The van der Waals surface area contributed by atoms with E-state index < -0.39 is 0 Å². The lowest BCUT2D eigenvalue weighted by Gasteiger charge is -2.26. The van der Waals surface area contributed by atoms with Crippen LogP contribution in [0.2, 0.25) is 0 Å². The highest BCUT2D eigenvalue weighted by Crippen LogP contribution is 2.28. The van der Waals surface area contributed by atoms with Crippen LogP contribution in [0, 0.1) is 90.0 Å². The molecular formula is C90H105B2N9. The van der Waals surface area contributed by atoms with Crippen LogP contribution < -0.4 is 32.8 Å². The summed E-state index contributed by atoms with van der Waals surface area (Å²) in [6.45, 7) is 49.7. The molecule has 0 bridgehead atoms. The third-order valence-electron chi connectivity index (χ3n) is 17.8. The van der Waals surface area contributed by atoms with E-state index in [1.54, 1.807) is 0 Å². The minimum Gasteiger partial charge on any atom is -0.219 e. The molecule has 0 aliphatic heterocycles. The van der Waals surface area contributed by atoms with Crippen LogP contribution in [-0.4, -0.2) is 58.3 Å². The highest BCUT2D eigenvalue weighted by molar-refractivity contribution is 6.97. The maximum atomic E-state index is 4.70. The molecule has 101 heavy (non-hydrogen) atoms. The lowest BCUT2D eigenvalue weighted by Crippen LogP contribution is -2.57. The summed E-state index contributed by atoms with van der Waals surface area (Å²) < 4.78 is 0. The summed E-state index contributed by atoms with van der Waals surface area (Å²) in [5, 5.41) is 0. The summed E-state index contributed by atoms with van der Waals surface area (Å²) in [6.07, 6.45) is 0. The Bertz CT molecular complexity index is 4440. The van der Waals surface area contributed by atoms with Crippen molar-refractivity contribution in [1.82, 2.24) is 44.9 Å². The molecule has 0 fully saturated rings. The largest absolute Gasteiger partial charge is 0.243 e. The molecule has 0 unspecified atom stereocenters. The number of hydrogen-bond donors (Lipinski definition) is 0. The first-order valence-electron chi connectivity index (χ1n) is 35.6. The molecule has 516 valence electrons. The Kier molecular flexibility index (Phi) is 26.2. The smallest absolute Gasteiger partial charge is 0.219 e. The second-order valence-electron chi connectivity index (χ2n) is 29.9. The molecule has 9 nitrogen and oxygen atoms in total. The van der Waals surface area contributed by atoms with Crippen LogP contribution in [-0.2, 0) is 10.8 Å². The average Bonchev–Trinajstić information content (AvgIpc) is 0.764. The van der Waals surface area contributed by atoms with Crippen LogP contribution in [0.5, 0.6) is 0 Å². The van der Waals surface area contributed by atoms with Crippen molar-refractivity contribution in [2.24, 2.45) is 0 Å². The molecule has 12 aromatic rings. The first-order chi connectivity index (χ1) is 47.8. The number of rotatable bonds is 11. The van der Waals surface area contributed by atoms with Gasteiger partial charge in [0.2, 0.25) is 13.4 Å². The van der Waals surface area contributed by atoms with Crippen LogP contribution in [0.25, 0.3) is 34.2 Å². The number of aromatic nitrogens is 9. The third kappa shape index (κ3) is 21.1. The summed E-state index contributed by atoms with van der Waals surface area (Å²) in [4.78, 5) is 40.6. The molecule has 0 spiro atoms. The molecule has 9 aromatic carbocycles. The van der Waals surface area contributed by atoms with Gasteiger partial charge >= 0.3 is 0 Å². The van der Waals surface area contributed by atoms with Crippen LogP contribution in [0.1, 0.15) is 177 Å². The normalized spacial score (nSPS) is 11.1. The molecule has 0 aliphatic carbocycles. The molecule has 11 heteroatoms. The fraction of sp³-hybridized carbons (Fsp3) is 0.300. The predicted molar refractivity (Wildman–Crippen MR) is 431 cm³/mol. The summed E-state index contributed by atoms with van der Waals surface area (Å²) in [5.74, 6) is 7.87. The van der Waals surface area contributed by atoms with Gasteiger partial charge in [-0.1, -0.05) is 369 Å².